The molecule has 0 unspecified atom stereocenters. The zero-order valence-corrected chi connectivity index (χ0v) is 51.1. The Morgan fingerprint density at radius 1 is 0.208 bits per heavy atom. The molecule has 6 nitrogen and oxygen atoms in total. The molecule has 0 aliphatic carbocycles. The van der Waals surface area contributed by atoms with Crippen molar-refractivity contribution in [2.24, 2.45) is 0 Å². The Kier molecular flexibility index (Phi) is 12.6. The van der Waals surface area contributed by atoms with Crippen LogP contribution in [0.3, 0.4) is 0 Å². The molecule has 0 aliphatic rings. The number of hydrogen-bond acceptors (Lipinski definition) is 5. The van der Waals surface area contributed by atoms with Gasteiger partial charge in [0.1, 0.15) is 221 Å². The van der Waals surface area contributed by atoms with Crippen LogP contribution in [0, 0.1) is 0 Å². The number of hydrogen-bond donors (Lipinski definition) is 0. The standard InChI is InChI=1S/C45H52B26N4O2/c46-10-2-3-11(47)21(57)29(65)32(68)37(3)75(36(2)31(67)28(64)20(10)56)38-33(69)25(61)13(49)4-1-7(15(51)26(62)34(70)39(1)77-42(4)38)43-72-44(8-17(53)23(59)27(63)24(60)18(8)54)74-45(73-43)9-16(52)12(48)5-6-14(50)22(58)30(66)35(71)41(6)76-40(5)19(9)55/h46-71H2. The fourth-order valence-electron chi connectivity index (χ4n) is 14.0. The van der Waals surface area contributed by atoms with Crippen molar-refractivity contribution >= 4 is 412 Å². The van der Waals surface area contributed by atoms with Gasteiger partial charge in [0, 0.05) is 49.3 Å². The third kappa shape index (κ3) is 6.96. The monoisotopic (exact) mass is 967 g/mol. The van der Waals surface area contributed by atoms with Gasteiger partial charge in [-0.05, 0) is 16.2 Å². The normalized spacial score (nSPS) is 11.9. The fraction of sp³-hybridized carbons (Fsp3) is 0. The average molecular weight is 962 g/mol. The number of aromatic nitrogens is 4. The Balaban J connectivity index is 1.34. The van der Waals surface area contributed by atoms with Gasteiger partial charge in [-0.3, -0.25) is 0 Å². The molecule has 0 aliphatic heterocycles. The average Bonchev–Trinajstić information content (AvgIpc) is 4.19. The summed E-state index contributed by atoms with van der Waals surface area (Å²) < 4.78 is 17.4. The second kappa shape index (κ2) is 18.1. The van der Waals surface area contributed by atoms with Crippen molar-refractivity contribution in [3.8, 4) is 39.9 Å². The smallest absolute Gasteiger partial charge is 0.164 e. The summed E-state index contributed by atoms with van der Waals surface area (Å²) in [7, 11) is 58.8. The second-order valence-corrected chi connectivity index (χ2v) is 23.8. The lowest BCUT2D eigenvalue weighted by atomic mass is 9.60. The summed E-state index contributed by atoms with van der Waals surface area (Å²) in [6.07, 6.45) is 0. The summed E-state index contributed by atoms with van der Waals surface area (Å²) in [5.74, 6) is 1.95. The van der Waals surface area contributed by atoms with Crippen LogP contribution in [0.5, 0.6) is 0 Å². The predicted molar refractivity (Wildman–Crippen MR) is 418 cm³/mol. The van der Waals surface area contributed by atoms with Crippen molar-refractivity contribution in [3.63, 3.8) is 0 Å². The maximum absolute atomic E-state index is 7.67. The first-order chi connectivity index (χ1) is 36.1. The van der Waals surface area contributed by atoms with Gasteiger partial charge in [0.25, 0.3) is 0 Å². The lowest BCUT2D eigenvalue weighted by Gasteiger charge is -2.22. The Hall–Kier alpha value is -5.36. The van der Waals surface area contributed by atoms with Gasteiger partial charge in [0.05, 0.1) is 5.69 Å². The van der Waals surface area contributed by atoms with Gasteiger partial charge in [-0.2, -0.15) is 0 Å². The highest BCUT2D eigenvalue weighted by molar-refractivity contribution is 6.74. The number of benzene rings is 7. The molecule has 11 rings (SSSR count). The van der Waals surface area contributed by atoms with Gasteiger partial charge in [0.15, 0.2) is 23.1 Å². The van der Waals surface area contributed by atoms with Crippen molar-refractivity contribution in [2.45, 2.75) is 0 Å². The number of furan rings is 2. The van der Waals surface area contributed by atoms with Crippen LogP contribution in [0.15, 0.2) is 8.83 Å². The first kappa shape index (κ1) is 53.6. The minimum atomic E-state index is 0.637. The third-order valence-corrected chi connectivity index (χ3v) is 20.9. The minimum Gasteiger partial charge on any atom is -0.457 e. The topological polar surface area (TPSA) is 69.9 Å². The van der Waals surface area contributed by atoms with Crippen LogP contribution in [-0.2, 0) is 0 Å². The van der Waals surface area contributed by atoms with Crippen LogP contribution >= 0.6 is 0 Å². The molecule has 4 heterocycles. The van der Waals surface area contributed by atoms with Crippen LogP contribution in [0.4, 0.5) is 0 Å². The molecule has 32 heteroatoms. The van der Waals surface area contributed by atoms with Gasteiger partial charge in [0.2, 0.25) is 0 Å². The van der Waals surface area contributed by atoms with Gasteiger partial charge in [-0.15, -0.1) is 32.8 Å². The molecule has 0 amide bonds. The van der Waals surface area contributed by atoms with Crippen LogP contribution in [0.25, 0.3) is 106 Å². The predicted octanol–water partition coefficient (Wildman–Crippen LogP) is -33.5. The van der Waals surface area contributed by atoms with E-state index in [0.717, 1.165) is 82.8 Å². The van der Waals surface area contributed by atoms with E-state index < -0.39 is 0 Å². The van der Waals surface area contributed by atoms with E-state index in [4.69, 9.17) is 23.8 Å². The van der Waals surface area contributed by atoms with E-state index >= 15 is 0 Å². The van der Waals surface area contributed by atoms with E-state index in [0.29, 0.717) is 17.5 Å². The molecular weight excluding hydrogens is 910 g/mol. The zero-order chi connectivity index (χ0) is 56.1. The van der Waals surface area contributed by atoms with Crippen molar-refractivity contribution in [1.29, 1.82) is 0 Å². The Labute approximate surface area is 476 Å². The Bertz CT molecular complexity index is 4560. The van der Waals surface area contributed by atoms with Crippen LogP contribution in [0.1, 0.15) is 0 Å². The molecule has 0 saturated heterocycles. The molecular formula is C45H52B26N4O2. The van der Waals surface area contributed by atoms with E-state index in [1.807, 2.05) is 0 Å². The van der Waals surface area contributed by atoms with Gasteiger partial charge < -0.3 is 13.4 Å². The summed E-state index contributed by atoms with van der Waals surface area (Å²) in [5, 5.41) is 7.21. The van der Waals surface area contributed by atoms with E-state index in [2.05, 4.69) is 209 Å². The van der Waals surface area contributed by atoms with Crippen molar-refractivity contribution in [3.05, 3.63) is 0 Å². The molecule has 7 aromatic carbocycles. The van der Waals surface area contributed by atoms with E-state index in [1.165, 1.54) is 147 Å². The van der Waals surface area contributed by atoms with Crippen molar-refractivity contribution in [2.75, 3.05) is 0 Å². The molecule has 0 spiro atoms. The second-order valence-electron chi connectivity index (χ2n) is 23.8. The summed E-state index contributed by atoms with van der Waals surface area (Å²) in [5.41, 5.74) is 42.5. The molecule has 0 N–H and O–H groups in total. The fourth-order valence-corrected chi connectivity index (χ4v) is 14.0. The largest absolute Gasteiger partial charge is 0.457 e. The van der Waals surface area contributed by atoms with E-state index in [1.54, 1.807) is 0 Å². The maximum Gasteiger partial charge on any atom is 0.164 e. The van der Waals surface area contributed by atoms with E-state index in [9.17, 15) is 0 Å². The first-order valence-electron chi connectivity index (χ1n) is 27.8. The molecule has 11 aromatic rings. The molecule has 4 aromatic heterocycles. The highest BCUT2D eigenvalue weighted by Gasteiger charge is 2.32. The zero-order valence-electron chi connectivity index (χ0n) is 51.1. The number of rotatable bonds is 4. The lowest BCUT2D eigenvalue weighted by Crippen LogP contribution is -2.55. The van der Waals surface area contributed by atoms with Gasteiger partial charge in [-0.1, -0.05) is 104 Å². The highest BCUT2D eigenvalue weighted by atomic mass is 16.3. The Morgan fingerprint density at radius 3 is 0.935 bits per heavy atom. The number of nitrogens with zero attached hydrogens (tertiary/aromatic N) is 4. The minimum absolute atomic E-state index is 0.637. The van der Waals surface area contributed by atoms with Crippen LogP contribution < -0.4 is 142 Å². The van der Waals surface area contributed by atoms with Crippen LogP contribution in [-0.4, -0.2) is 224 Å². The van der Waals surface area contributed by atoms with Crippen LogP contribution in [0.2, 0.25) is 0 Å². The lowest BCUT2D eigenvalue weighted by molar-refractivity contribution is 0.670. The Morgan fingerprint density at radius 2 is 0.468 bits per heavy atom. The molecule has 0 radical (unpaired) electrons. The first-order valence-corrected chi connectivity index (χ1v) is 27.8. The quantitative estimate of drug-likeness (QED) is 0.164. The summed E-state index contributed by atoms with van der Waals surface area (Å²) >= 11 is 0. The van der Waals surface area contributed by atoms with Crippen molar-refractivity contribution in [1.82, 2.24) is 19.5 Å². The van der Waals surface area contributed by atoms with E-state index in [-0.39, 0.29) is 0 Å². The van der Waals surface area contributed by atoms with Crippen molar-refractivity contribution < 1.29 is 8.83 Å². The SMILES string of the molecule is Bc1c(B)c(B)c(-c2nc(-c3c(B)c(B)c4c(oc5c(B)c(B)c(B)c(B)c54)c3B)nc(-c3c(B)c(B)c(B)c4oc5c(-n6c7c(B)c(B)c(B)c(B)c7c7c(B)c(B)c(B)c(B)c76)c(B)c(B)c(B)c5c34)n2)c(B)c1B. The van der Waals surface area contributed by atoms with Gasteiger partial charge in [-0.25, -0.2) is 15.0 Å². The van der Waals surface area contributed by atoms with Gasteiger partial charge >= 0.3 is 0 Å². The molecule has 342 valence electrons. The molecule has 0 bridgehead atoms. The summed E-state index contributed by atoms with van der Waals surface area (Å²) in [4.78, 5) is 17.1. The molecule has 0 fully saturated rings. The highest BCUT2D eigenvalue weighted by Crippen LogP contribution is 2.37. The third-order valence-electron chi connectivity index (χ3n) is 20.9. The summed E-state index contributed by atoms with van der Waals surface area (Å²) in [6.45, 7) is 0. The summed E-state index contributed by atoms with van der Waals surface area (Å²) in [6, 6.07) is 0. The molecule has 77 heavy (non-hydrogen) atoms. The molecule has 0 atom stereocenters. The number of fused-ring (bicyclic) bond motifs is 9. The maximum atomic E-state index is 7.67. The molecule has 0 saturated carbocycles.